The summed E-state index contributed by atoms with van der Waals surface area (Å²) in [4.78, 5) is 0. The molecule has 2 nitrogen and oxygen atoms in total. The van der Waals surface area contributed by atoms with Gasteiger partial charge in [-0.2, -0.15) is 0 Å². The summed E-state index contributed by atoms with van der Waals surface area (Å²) in [6.07, 6.45) is 1.71. The predicted molar refractivity (Wildman–Crippen MR) is 67.0 cm³/mol. The topological polar surface area (TPSA) is 18.5 Å². The molecule has 88 valence electrons. The molecule has 0 unspecified atom stereocenters. The van der Waals surface area contributed by atoms with Crippen LogP contribution < -0.4 is 0 Å². The van der Waals surface area contributed by atoms with Gasteiger partial charge in [-0.3, -0.25) is 0 Å². The van der Waals surface area contributed by atoms with Crippen molar-refractivity contribution in [2.24, 2.45) is 5.41 Å². The Morgan fingerprint density at radius 3 is 2.07 bits per heavy atom. The first kappa shape index (κ1) is 14.6. The van der Waals surface area contributed by atoms with Gasteiger partial charge in [-0.05, 0) is 26.2 Å². The zero-order valence-electron chi connectivity index (χ0n) is 11.3. The van der Waals surface area contributed by atoms with E-state index in [2.05, 4.69) is 34.6 Å². The van der Waals surface area contributed by atoms with E-state index in [1.54, 1.807) is 6.26 Å². The van der Waals surface area contributed by atoms with Crippen LogP contribution in [-0.2, 0) is 9.39 Å². The van der Waals surface area contributed by atoms with Crippen LogP contribution in [0.5, 0.6) is 0 Å². The summed E-state index contributed by atoms with van der Waals surface area (Å²) in [5.74, 6) is 1.94. The van der Waals surface area contributed by atoms with Gasteiger partial charge in [0.15, 0.2) is 0 Å². The van der Waals surface area contributed by atoms with E-state index >= 15 is 0 Å². The summed E-state index contributed by atoms with van der Waals surface area (Å²) in [7, 11) is 0. The Morgan fingerprint density at radius 2 is 1.67 bits per heavy atom. The Labute approximate surface area is 95.1 Å². The molecule has 0 aliphatic heterocycles. The van der Waals surface area contributed by atoms with Crippen LogP contribution in [0.3, 0.4) is 0 Å². The van der Waals surface area contributed by atoms with Crippen molar-refractivity contribution in [1.82, 2.24) is 0 Å². The number of hydrogen-bond acceptors (Lipinski definition) is 2. The van der Waals surface area contributed by atoms with Crippen molar-refractivity contribution in [3.05, 3.63) is 12.2 Å². The van der Waals surface area contributed by atoms with Crippen LogP contribution >= 0.6 is 0 Å². The van der Waals surface area contributed by atoms with Crippen LogP contribution in [0, 0.1) is 5.41 Å². The standard InChI is InChI=1S/C12H25BO2/c1-8-14-10-9-13(7)15-12(5,6)11(2,3)4/h9-10H,8H2,1-7H3/b10-9+. The van der Waals surface area contributed by atoms with Crippen molar-refractivity contribution in [1.29, 1.82) is 0 Å². The van der Waals surface area contributed by atoms with Gasteiger partial charge in [0.25, 0.3) is 0 Å². The molecule has 0 saturated carbocycles. The Bertz CT molecular complexity index is 204. The lowest BCUT2D eigenvalue weighted by Gasteiger charge is -2.40. The lowest BCUT2D eigenvalue weighted by Crippen LogP contribution is -2.42. The van der Waals surface area contributed by atoms with E-state index in [9.17, 15) is 0 Å². The zero-order valence-corrected chi connectivity index (χ0v) is 11.3. The van der Waals surface area contributed by atoms with Gasteiger partial charge in [0.1, 0.15) is 0 Å². The smallest absolute Gasteiger partial charge is 0.319 e. The third kappa shape index (κ3) is 5.26. The molecule has 0 rings (SSSR count). The molecule has 0 aromatic rings. The molecule has 0 bridgehead atoms. The molecule has 0 heterocycles. The van der Waals surface area contributed by atoms with E-state index < -0.39 is 0 Å². The minimum atomic E-state index is -0.150. The van der Waals surface area contributed by atoms with E-state index in [0.29, 0.717) is 6.61 Å². The first-order valence-electron chi connectivity index (χ1n) is 5.67. The van der Waals surface area contributed by atoms with E-state index in [1.807, 2.05) is 19.7 Å². The van der Waals surface area contributed by atoms with Crippen molar-refractivity contribution in [3.63, 3.8) is 0 Å². The van der Waals surface area contributed by atoms with E-state index in [4.69, 9.17) is 9.39 Å². The predicted octanol–water partition coefficient (Wildman–Crippen LogP) is 3.54. The van der Waals surface area contributed by atoms with Crippen LogP contribution in [0.1, 0.15) is 41.5 Å². The Morgan fingerprint density at radius 1 is 1.13 bits per heavy atom. The molecule has 0 aliphatic rings. The summed E-state index contributed by atoms with van der Waals surface area (Å²) < 4.78 is 11.1. The van der Waals surface area contributed by atoms with Crippen LogP contribution in [0.25, 0.3) is 0 Å². The fourth-order valence-electron chi connectivity index (χ4n) is 0.943. The average Bonchev–Trinajstić information content (AvgIpc) is 2.01. The van der Waals surface area contributed by atoms with Gasteiger partial charge in [-0.25, -0.2) is 0 Å². The molecule has 0 aromatic heterocycles. The number of hydrogen-bond donors (Lipinski definition) is 0. The first-order valence-corrected chi connectivity index (χ1v) is 5.67. The molecule has 0 N–H and O–H groups in total. The fourth-order valence-corrected chi connectivity index (χ4v) is 0.943. The molecule has 0 fully saturated rings. The number of rotatable bonds is 5. The summed E-state index contributed by atoms with van der Waals surface area (Å²) in [5.41, 5.74) is -0.0241. The third-order valence-electron chi connectivity index (χ3n) is 2.90. The van der Waals surface area contributed by atoms with Crippen LogP contribution in [0.4, 0.5) is 0 Å². The van der Waals surface area contributed by atoms with Gasteiger partial charge in [0.2, 0.25) is 0 Å². The van der Waals surface area contributed by atoms with Crippen LogP contribution in [0.2, 0.25) is 6.82 Å². The molecular formula is C12H25BO2. The summed E-state index contributed by atoms with van der Waals surface area (Å²) in [6.45, 7) is 15.6. The van der Waals surface area contributed by atoms with Crippen LogP contribution in [-0.4, -0.2) is 19.1 Å². The van der Waals surface area contributed by atoms with Gasteiger partial charge in [-0.15, -0.1) is 0 Å². The summed E-state index contributed by atoms with van der Waals surface area (Å²) in [6, 6.07) is 0. The molecular weight excluding hydrogens is 187 g/mol. The second-order valence-corrected chi connectivity index (χ2v) is 5.37. The molecule has 0 radical (unpaired) electrons. The third-order valence-corrected chi connectivity index (χ3v) is 2.90. The van der Waals surface area contributed by atoms with Crippen molar-refractivity contribution in [3.8, 4) is 0 Å². The molecule has 0 saturated heterocycles. The van der Waals surface area contributed by atoms with E-state index in [-0.39, 0.29) is 17.9 Å². The van der Waals surface area contributed by atoms with Gasteiger partial charge in [0.05, 0.1) is 18.5 Å². The molecule has 15 heavy (non-hydrogen) atoms. The van der Waals surface area contributed by atoms with Crippen molar-refractivity contribution >= 4 is 6.92 Å². The SMILES string of the molecule is CCO/C=C/B(C)OC(C)(C)C(C)(C)C. The highest BCUT2D eigenvalue weighted by atomic mass is 16.5. The summed E-state index contributed by atoms with van der Waals surface area (Å²) >= 11 is 0. The van der Waals surface area contributed by atoms with Gasteiger partial charge < -0.3 is 9.39 Å². The molecule has 0 amide bonds. The second kappa shape index (κ2) is 5.59. The highest BCUT2D eigenvalue weighted by molar-refractivity contribution is 6.56. The molecule has 0 aliphatic carbocycles. The maximum Gasteiger partial charge on any atom is 0.319 e. The van der Waals surface area contributed by atoms with E-state index in [0.717, 1.165) is 0 Å². The first-order chi connectivity index (χ1) is 6.70. The minimum absolute atomic E-state index is 0.0748. The molecule has 0 atom stereocenters. The lowest BCUT2D eigenvalue weighted by atomic mass is 9.68. The maximum absolute atomic E-state index is 5.98. The monoisotopic (exact) mass is 212 g/mol. The largest absolute Gasteiger partial charge is 0.503 e. The molecule has 3 heteroatoms. The second-order valence-electron chi connectivity index (χ2n) is 5.37. The molecule has 0 spiro atoms. The quantitative estimate of drug-likeness (QED) is 0.512. The number of ether oxygens (including phenoxy) is 1. The van der Waals surface area contributed by atoms with Crippen molar-refractivity contribution in [2.75, 3.05) is 6.61 Å². The summed E-state index contributed by atoms with van der Waals surface area (Å²) in [5, 5.41) is 0. The maximum atomic E-state index is 5.98. The Kier molecular flexibility index (Phi) is 5.43. The lowest BCUT2D eigenvalue weighted by molar-refractivity contribution is 0.0000618. The van der Waals surface area contributed by atoms with Crippen LogP contribution in [0.15, 0.2) is 12.2 Å². The Hall–Kier alpha value is -0.435. The van der Waals surface area contributed by atoms with Crippen molar-refractivity contribution in [2.45, 2.75) is 54.0 Å². The van der Waals surface area contributed by atoms with Crippen molar-refractivity contribution < 1.29 is 9.39 Å². The highest BCUT2D eigenvalue weighted by Crippen LogP contribution is 2.33. The minimum Gasteiger partial charge on any atom is -0.503 e. The van der Waals surface area contributed by atoms with Gasteiger partial charge in [0, 0.05) is 0 Å². The Balaban J connectivity index is 4.22. The van der Waals surface area contributed by atoms with E-state index in [1.165, 1.54) is 0 Å². The highest BCUT2D eigenvalue weighted by Gasteiger charge is 2.34. The average molecular weight is 212 g/mol. The van der Waals surface area contributed by atoms with Gasteiger partial charge >= 0.3 is 6.92 Å². The fraction of sp³-hybridized carbons (Fsp3) is 0.833. The normalized spacial score (nSPS) is 13.3. The zero-order chi connectivity index (χ0) is 12.1. The molecule has 0 aromatic carbocycles. The van der Waals surface area contributed by atoms with Gasteiger partial charge in [-0.1, -0.05) is 33.6 Å².